The fourth-order valence-corrected chi connectivity index (χ4v) is 1.99. The molecule has 2 N–H and O–H groups in total. The van der Waals surface area contributed by atoms with Crippen molar-refractivity contribution in [3.63, 3.8) is 0 Å². The topological polar surface area (TPSA) is 43.8 Å². The molecule has 0 spiro atoms. The number of fused-ring (bicyclic) bond motifs is 1. The van der Waals surface area contributed by atoms with Crippen molar-refractivity contribution in [2.75, 3.05) is 0 Å². The van der Waals surface area contributed by atoms with Crippen LogP contribution in [-0.4, -0.2) is 9.55 Å². The van der Waals surface area contributed by atoms with E-state index in [9.17, 15) is 0 Å². The fraction of sp³-hybridized carbons (Fsp3) is 0.571. The van der Waals surface area contributed by atoms with Gasteiger partial charge in [0.25, 0.3) is 0 Å². The van der Waals surface area contributed by atoms with Crippen LogP contribution in [0.4, 0.5) is 0 Å². The Bertz CT molecular complexity index is 269. The third-order valence-electron chi connectivity index (χ3n) is 2.12. The van der Waals surface area contributed by atoms with Crippen LogP contribution in [0.1, 0.15) is 24.7 Å². The fourth-order valence-electron chi connectivity index (χ4n) is 1.50. The molecular formula is C7H10BrN3. The summed E-state index contributed by atoms with van der Waals surface area (Å²) >= 11 is 3.39. The van der Waals surface area contributed by atoms with Gasteiger partial charge in [0.1, 0.15) is 4.60 Å². The van der Waals surface area contributed by atoms with Crippen LogP contribution in [0.25, 0.3) is 0 Å². The summed E-state index contributed by atoms with van der Waals surface area (Å²) in [6.45, 7) is 0. The largest absolute Gasteiger partial charge is 0.318 e. The van der Waals surface area contributed by atoms with Gasteiger partial charge in [0, 0.05) is 0 Å². The molecular weight excluding hydrogens is 206 g/mol. The van der Waals surface area contributed by atoms with Gasteiger partial charge in [-0.05, 0) is 35.2 Å². The lowest BCUT2D eigenvalue weighted by molar-refractivity contribution is 0.413. The summed E-state index contributed by atoms with van der Waals surface area (Å²) in [6, 6.07) is 0. The van der Waals surface area contributed by atoms with Gasteiger partial charge in [0.15, 0.2) is 0 Å². The molecule has 1 aromatic heterocycles. The maximum absolute atomic E-state index is 5.86. The van der Waals surface area contributed by atoms with Crippen LogP contribution < -0.4 is 5.73 Å². The van der Waals surface area contributed by atoms with Crippen LogP contribution in [0, 0.1) is 0 Å². The Morgan fingerprint density at radius 3 is 3.27 bits per heavy atom. The highest BCUT2D eigenvalue weighted by atomic mass is 79.9. The summed E-state index contributed by atoms with van der Waals surface area (Å²) in [5, 5.41) is 0. The molecule has 3 nitrogen and oxygen atoms in total. The highest BCUT2D eigenvalue weighted by Crippen LogP contribution is 2.25. The van der Waals surface area contributed by atoms with Crippen molar-refractivity contribution in [3.05, 3.63) is 16.6 Å². The molecule has 11 heavy (non-hydrogen) atoms. The number of rotatable bonds is 0. The Balaban J connectivity index is 2.46. The molecule has 0 aromatic carbocycles. The molecule has 0 fully saturated rings. The first-order valence-electron chi connectivity index (χ1n) is 3.76. The van der Waals surface area contributed by atoms with E-state index >= 15 is 0 Å². The van der Waals surface area contributed by atoms with Crippen molar-refractivity contribution >= 4 is 15.9 Å². The molecule has 1 atom stereocenters. The number of imidazole rings is 1. The average Bonchev–Trinajstić information content (AvgIpc) is 2.35. The SMILES string of the molecule is NC1CCCc2c(Br)ncn21. The number of halogens is 1. The van der Waals surface area contributed by atoms with Gasteiger partial charge in [0.05, 0.1) is 18.2 Å². The number of hydrogen-bond acceptors (Lipinski definition) is 2. The van der Waals surface area contributed by atoms with Gasteiger partial charge in [-0.2, -0.15) is 0 Å². The van der Waals surface area contributed by atoms with E-state index in [0.29, 0.717) is 0 Å². The monoisotopic (exact) mass is 215 g/mol. The van der Waals surface area contributed by atoms with E-state index in [1.165, 1.54) is 12.1 Å². The van der Waals surface area contributed by atoms with E-state index in [2.05, 4.69) is 20.9 Å². The number of nitrogens with zero attached hydrogens (tertiary/aromatic N) is 2. The first-order valence-corrected chi connectivity index (χ1v) is 4.55. The van der Waals surface area contributed by atoms with Crippen LogP contribution in [0.2, 0.25) is 0 Å². The molecule has 0 bridgehead atoms. The minimum atomic E-state index is 0.137. The second-order valence-corrected chi connectivity index (χ2v) is 3.60. The molecule has 0 radical (unpaired) electrons. The van der Waals surface area contributed by atoms with Crippen molar-refractivity contribution in [2.45, 2.75) is 25.4 Å². The van der Waals surface area contributed by atoms with Gasteiger partial charge in [0.2, 0.25) is 0 Å². The molecule has 60 valence electrons. The number of hydrogen-bond donors (Lipinski definition) is 1. The molecule has 0 amide bonds. The molecule has 0 aliphatic carbocycles. The third-order valence-corrected chi connectivity index (χ3v) is 2.78. The van der Waals surface area contributed by atoms with Crippen LogP contribution in [-0.2, 0) is 6.42 Å². The van der Waals surface area contributed by atoms with Crippen molar-refractivity contribution in [3.8, 4) is 0 Å². The maximum Gasteiger partial charge on any atom is 0.127 e. The molecule has 0 saturated heterocycles. The summed E-state index contributed by atoms with van der Waals surface area (Å²) < 4.78 is 3.00. The lowest BCUT2D eigenvalue weighted by atomic mass is 10.1. The molecule has 1 aliphatic rings. The Morgan fingerprint density at radius 1 is 1.73 bits per heavy atom. The van der Waals surface area contributed by atoms with Crippen LogP contribution in [0.15, 0.2) is 10.9 Å². The predicted molar refractivity (Wildman–Crippen MR) is 46.1 cm³/mol. The van der Waals surface area contributed by atoms with Gasteiger partial charge in [-0.1, -0.05) is 0 Å². The maximum atomic E-state index is 5.86. The number of nitrogens with two attached hydrogens (primary N) is 1. The van der Waals surface area contributed by atoms with Gasteiger partial charge in [-0.3, -0.25) is 0 Å². The Kier molecular flexibility index (Phi) is 1.73. The molecule has 0 saturated carbocycles. The van der Waals surface area contributed by atoms with Gasteiger partial charge >= 0.3 is 0 Å². The highest BCUT2D eigenvalue weighted by Gasteiger charge is 2.18. The second-order valence-electron chi connectivity index (χ2n) is 2.85. The minimum absolute atomic E-state index is 0.137. The minimum Gasteiger partial charge on any atom is -0.318 e. The van der Waals surface area contributed by atoms with E-state index in [0.717, 1.165) is 17.4 Å². The molecule has 4 heteroatoms. The van der Waals surface area contributed by atoms with E-state index < -0.39 is 0 Å². The lowest BCUT2D eigenvalue weighted by Gasteiger charge is -2.21. The van der Waals surface area contributed by atoms with Crippen molar-refractivity contribution in [1.82, 2.24) is 9.55 Å². The van der Waals surface area contributed by atoms with Gasteiger partial charge in [-0.15, -0.1) is 0 Å². The number of aromatic nitrogens is 2. The molecule has 1 aliphatic heterocycles. The van der Waals surface area contributed by atoms with Crippen LogP contribution >= 0.6 is 15.9 Å². The van der Waals surface area contributed by atoms with Gasteiger partial charge < -0.3 is 10.3 Å². The zero-order valence-electron chi connectivity index (χ0n) is 6.13. The predicted octanol–water partition coefficient (Wildman–Crippen LogP) is 1.44. The van der Waals surface area contributed by atoms with Crippen LogP contribution in [0.3, 0.4) is 0 Å². The highest BCUT2D eigenvalue weighted by molar-refractivity contribution is 9.10. The Hall–Kier alpha value is -0.350. The first-order chi connectivity index (χ1) is 5.29. The van der Waals surface area contributed by atoms with Crippen molar-refractivity contribution < 1.29 is 0 Å². The smallest absolute Gasteiger partial charge is 0.127 e. The normalized spacial score (nSPS) is 23.3. The molecule has 2 heterocycles. The summed E-state index contributed by atoms with van der Waals surface area (Å²) in [7, 11) is 0. The van der Waals surface area contributed by atoms with E-state index in [1.807, 2.05) is 10.9 Å². The Labute approximate surface area is 73.7 Å². The summed E-state index contributed by atoms with van der Waals surface area (Å²) in [6.07, 6.45) is 5.27. The van der Waals surface area contributed by atoms with Gasteiger partial charge in [-0.25, -0.2) is 4.98 Å². The molecule has 2 rings (SSSR count). The van der Waals surface area contributed by atoms with E-state index in [1.54, 1.807) is 0 Å². The quantitative estimate of drug-likeness (QED) is 0.713. The zero-order chi connectivity index (χ0) is 7.84. The lowest BCUT2D eigenvalue weighted by Crippen LogP contribution is -2.23. The third kappa shape index (κ3) is 1.10. The average molecular weight is 216 g/mol. The molecule has 1 aromatic rings. The zero-order valence-corrected chi connectivity index (χ0v) is 7.71. The van der Waals surface area contributed by atoms with Crippen LogP contribution in [0.5, 0.6) is 0 Å². The second kappa shape index (κ2) is 2.60. The first kappa shape index (κ1) is 7.31. The van der Waals surface area contributed by atoms with E-state index in [4.69, 9.17) is 5.73 Å². The Morgan fingerprint density at radius 2 is 2.55 bits per heavy atom. The summed E-state index contributed by atoms with van der Waals surface area (Å²) in [4.78, 5) is 4.15. The standard InChI is InChI=1S/C7H10BrN3/c8-7-5-2-1-3-6(9)11(5)4-10-7/h4,6H,1-3,9H2. The summed E-state index contributed by atoms with van der Waals surface area (Å²) in [5.41, 5.74) is 7.10. The van der Waals surface area contributed by atoms with E-state index in [-0.39, 0.29) is 6.17 Å². The van der Waals surface area contributed by atoms with Crippen molar-refractivity contribution in [1.29, 1.82) is 0 Å². The molecule has 1 unspecified atom stereocenters. The summed E-state index contributed by atoms with van der Waals surface area (Å²) in [5.74, 6) is 0. The van der Waals surface area contributed by atoms with Crippen molar-refractivity contribution in [2.24, 2.45) is 5.73 Å².